The van der Waals surface area contributed by atoms with Crippen molar-refractivity contribution in [3.8, 4) is 0 Å². The zero-order valence-electron chi connectivity index (χ0n) is 10.8. The molecule has 2 aliphatic rings. The lowest BCUT2D eigenvalue weighted by atomic mass is 10.1. The average molecular weight is 263 g/mol. The Morgan fingerprint density at radius 2 is 2.16 bits per heavy atom. The number of halogens is 1. The molecule has 19 heavy (non-hydrogen) atoms. The molecular weight excluding hydrogens is 245 g/mol. The first-order valence-corrected chi connectivity index (χ1v) is 6.73. The zero-order valence-corrected chi connectivity index (χ0v) is 10.8. The molecule has 2 aliphatic heterocycles. The molecule has 0 aromatic heterocycles. The van der Waals surface area contributed by atoms with E-state index in [1.165, 1.54) is 24.6 Å². The van der Waals surface area contributed by atoms with Gasteiger partial charge in [-0.15, -0.1) is 0 Å². The number of benzene rings is 1. The summed E-state index contributed by atoms with van der Waals surface area (Å²) in [4.78, 5) is 16.7. The summed E-state index contributed by atoms with van der Waals surface area (Å²) in [5.41, 5.74) is 6.37. The maximum atomic E-state index is 13.0. The van der Waals surface area contributed by atoms with Gasteiger partial charge in [0.05, 0.1) is 5.56 Å². The van der Waals surface area contributed by atoms with Crippen LogP contribution in [0.4, 0.5) is 10.1 Å². The van der Waals surface area contributed by atoms with Crippen molar-refractivity contribution in [2.45, 2.75) is 18.9 Å². The maximum absolute atomic E-state index is 13.0. The molecular formula is C14H18FN3O. The van der Waals surface area contributed by atoms with E-state index in [9.17, 15) is 9.18 Å². The molecule has 1 atom stereocenters. The van der Waals surface area contributed by atoms with Gasteiger partial charge in [-0.25, -0.2) is 4.39 Å². The van der Waals surface area contributed by atoms with Crippen molar-refractivity contribution in [3.05, 3.63) is 29.6 Å². The van der Waals surface area contributed by atoms with E-state index in [0.29, 0.717) is 11.6 Å². The molecule has 2 fully saturated rings. The zero-order chi connectivity index (χ0) is 13.4. The van der Waals surface area contributed by atoms with Gasteiger partial charge in [-0.3, -0.25) is 9.69 Å². The maximum Gasteiger partial charge on any atom is 0.256 e. The summed E-state index contributed by atoms with van der Waals surface area (Å²) in [7, 11) is 0. The molecule has 3 rings (SSSR count). The van der Waals surface area contributed by atoms with Crippen LogP contribution in [0.2, 0.25) is 0 Å². The van der Waals surface area contributed by atoms with E-state index in [4.69, 9.17) is 5.73 Å². The quantitative estimate of drug-likeness (QED) is 0.778. The van der Waals surface area contributed by atoms with Crippen LogP contribution in [-0.2, 0) is 0 Å². The number of nitrogens with zero attached hydrogens (tertiary/aromatic N) is 2. The fourth-order valence-electron chi connectivity index (χ4n) is 3.07. The third kappa shape index (κ3) is 2.30. The first-order valence-electron chi connectivity index (χ1n) is 6.73. The molecule has 2 heterocycles. The van der Waals surface area contributed by atoms with Crippen LogP contribution in [0.15, 0.2) is 18.2 Å². The van der Waals surface area contributed by atoms with E-state index in [1.54, 1.807) is 0 Å². The smallest absolute Gasteiger partial charge is 0.256 e. The third-order valence-corrected chi connectivity index (χ3v) is 4.12. The Morgan fingerprint density at radius 3 is 2.95 bits per heavy atom. The van der Waals surface area contributed by atoms with E-state index in [2.05, 4.69) is 4.90 Å². The molecule has 0 radical (unpaired) electrons. The SMILES string of the molecule is Nc1cc(F)ccc1C(=O)N1CCN2CCCC2C1. The van der Waals surface area contributed by atoms with E-state index in [-0.39, 0.29) is 11.6 Å². The second-order valence-electron chi connectivity index (χ2n) is 5.31. The van der Waals surface area contributed by atoms with Gasteiger partial charge >= 0.3 is 0 Å². The van der Waals surface area contributed by atoms with Gasteiger partial charge in [-0.1, -0.05) is 0 Å². The van der Waals surface area contributed by atoms with Crippen molar-refractivity contribution in [2.75, 3.05) is 31.9 Å². The van der Waals surface area contributed by atoms with Gasteiger partial charge in [0.1, 0.15) is 5.82 Å². The summed E-state index contributed by atoms with van der Waals surface area (Å²) in [6.45, 7) is 3.56. The van der Waals surface area contributed by atoms with Gasteiger partial charge < -0.3 is 10.6 Å². The molecule has 0 bridgehead atoms. The van der Waals surface area contributed by atoms with Gasteiger partial charge in [-0.2, -0.15) is 0 Å². The molecule has 1 aromatic carbocycles. The molecule has 5 heteroatoms. The minimum atomic E-state index is -0.408. The summed E-state index contributed by atoms with van der Waals surface area (Å²) in [6, 6.07) is 4.46. The lowest BCUT2D eigenvalue weighted by Gasteiger charge is -2.37. The Morgan fingerprint density at radius 1 is 1.32 bits per heavy atom. The van der Waals surface area contributed by atoms with Crippen LogP contribution in [0, 0.1) is 5.82 Å². The second-order valence-corrected chi connectivity index (χ2v) is 5.31. The van der Waals surface area contributed by atoms with Crippen LogP contribution in [0.5, 0.6) is 0 Å². The molecule has 1 unspecified atom stereocenters. The summed E-state index contributed by atoms with van der Waals surface area (Å²) >= 11 is 0. The number of nitrogens with two attached hydrogens (primary N) is 1. The number of hydrogen-bond donors (Lipinski definition) is 1. The molecule has 0 spiro atoms. The fraction of sp³-hybridized carbons (Fsp3) is 0.500. The minimum Gasteiger partial charge on any atom is -0.398 e. The molecule has 2 N–H and O–H groups in total. The van der Waals surface area contributed by atoms with Crippen LogP contribution in [0.1, 0.15) is 23.2 Å². The Labute approximate surface area is 112 Å². The van der Waals surface area contributed by atoms with Crippen molar-refractivity contribution in [2.24, 2.45) is 0 Å². The number of fused-ring (bicyclic) bond motifs is 1. The van der Waals surface area contributed by atoms with Crippen LogP contribution >= 0.6 is 0 Å². The first kappa shape index (κ1) is 12.4. The molecule has 2 saturated heterocycles. The number of hydrogen-bond acceptors (Lipinski definition) is 3. The molecule has 0 saturated carbocycles. The topological polar surface area (TPSA) is 49.6 Å². The third-order valence-electron chi connectivity index (χ3n) is 4.12. The Hall–Kier alpha value is -1.62. The van der Waals surface area contributed by atoms with E-state index < -0.39 is 5.82 Å². The fourth-order valence-corrected chi connectivity index (χ4v) is 3.07. The Balaban J connectivity index is 1.76. The second kappa shape index (κ2) is 4.81. The average Bonchev–Trinajstić information content (AvgIpc) is 2.85. The van der Waals surface area contributed by atoms with Crippen molar-refractivity contribution in [1.29, 1.82) is 0 Å². The van der Waals surface area contributed by atoms with Crippen LogP contribution in [0.3, 0.4) is 0 Å². The molecule has 1 aromatic rings. The van der Waals surface area contributed by atoms with Crippen molar-refractivity contribution < 1.29 is 9.18 Å². The van der Waals surface area contributed by atoms with Gasteiger partial charge in [0, 0.05) is 31.4 Å². The largest absolute Gasteiger partial charge is 0.398 e. The van der Waals surface area contributed by atoms with Gasteiger partial charge in [0.25, 0.3) is 5.91 Å². The van der Waals surface area contributed by atoms with Crippen LogP contribution < -0.4 is 5.73 Å². The van der Waals surface area contributed by atoms with Crippen molar-refractivity contribution >= 4 is 11.6 Å². The van der Waals surface area contributed by atoms with E-state index >= 15 is 0 Å². The molecule has 0 aliphatic carbocycles. The normalized spacial score (nSPS) is 23.4. The number of anilines is 1. The van der Waals surface area contributed by atoms with Crippen molar-refractivity contribution in [3.63, 3.8) is 0 Å². The highest BCUT2D eigenvalue weighted by Gasteiger charge is 2.33. The van der Waals surface area contributed by atoms with Gasteiger partial charge in [0.15, 0.2) is 0 Å². The predicted octanol–water partition coefficient (Wildman–Crippen LogP) is 1.33. The summed E-state index contributed by atoms with van der Waals surface area (Å²) in [5.74, 6) is -0.487. The Bertz CT molecular complexity index is 505. The van der Waals surface area contributed by atoms with Crippen LogP contribution in [0.25, 0.3) is 0 Å². The summed E-state index contributed by atoms with van der Waals surface area (Å²) in [6.07, 6.45) is 2.37. The first-order chi connectivity index (χ1) is 9.15. The number of piperazine rings is 1. The number of carbonyl (C=O) groups excluding carboxylic acids is 1. The predicted molar refractivity (Wildman–Crippen MR) is 71.3 cm³/mol. The number of amides is 1. The lowest BCUT2D eigenvalue weighted by Crippen LogP contribution is -2.52. The van der Waals surface area contributed by atoms with Crippen LogP contribution in [-0.4, -0.2) is 47.9 Å². The number of carbonyl (C=O) groups is 1. The highest BCUT2D eigenvalue weighted by Crippen LogP contribution is 2.24. The molecule has 1 amide bonds. The number of rotatable bonds is 1. The molecule has 102 valence electrons. The van der Waals surface area contributed by atoms with Crippen molar-refractivity contribution in [1.82, 2.24) is 9.80 Å². The monoisotopic (exact) mass is 263 g/mol. The number of nitrogen functional groups attached to an aromatic ring is 1. The lowest BCUT2D eigenvalue weighted by molar-refractivity contribution is 0.0572. The minimum absolute atomic E-state index is 0.0796. The molecule has 4 nitrogen and oxygen atoms in total. The standard InChI is InChI=1S/C14H18FN3O/c15-10-3-4-12(13(16)8-10)14(19)18-7-6-17-5-1-2-11(17)9-18/h3-4,8,11H,1-2,5-7,9,16H2. The van der Waals surface area contributed by atoms with E-state index in [1.807, 2.05) is 4.90 Å². The Kier molecular flexibility index (Phi) is 3.14. The van der Waals surface area contributed by atoms with E-state index in [0.717, 1.165) is 32.6 Å². The van der Waals surface area contributed by atoms with Gasteiger partial charge in [0.2, 0.25) is 0 Å². The highest BCUT2D eigenvalue weighted by atomic mass is 19.1. The van der Waals surface area contributed by atoms with Gasteiger partial charge in [-0.05, 0) is 37.6 Å². The summed E-state index contributed by atoms with van der Waals surface area (Å²) < 4.78 is 13.0. The summed E-state index contributed by atoms with van der Waals surface area (Å²) in [5, 5.41) is 0. The highest BCUT2D eigenvalue weighted by molar-refractivity contribution is 5.99.